The number of β-amino-alcohol motifs (C(OH)–C–C–N with tert-alkyl or cyclic N) is 1. The van der Waals surface area contributed by atoms with E-state index >= 15 is 0 Å². The number of hydrogen-bond acceptors (Lipinski definition) is 5. The van der Waals surface area contributed by atoms with Crippen molar-refractivity contribution in [3.8, 4) is 5.75 Å². The molecule has 1 fully saturated rings. The minimum Gasteiger partial charge on any atom is -0.486 e. The third-order valence-corrected chi connectivity index (χ3v) is 3.76. The van der Waals surface area contributed by atoms with Crippen molar-refractivity contribution >= 4 is 9.84 Å². The second-order valence-corrected chi connectivity index (χ2v) is 6.14. The van der Waals surface area contributed by atoms with Gasteiger partial charge in [-0.1, -0.05) is 6.07 Å². The van der Waals surface area contributed by atoms with Crippen LogP contribution in [0, 0.1) is 0 Å². The lowest BCUT2D eigenvalue weighted by Gasteiger charge is -2.16. The number of aliphatic hydroxyl groups is 1. The number of rotatable bonds is 3. The van der Waals surface area contributed by atoms with Crippen LogP contribution in [0.1, 0.15) is 0 Å². The van der Waals surface area contributed by atoms with E-state index in [1.165, 1.54) is 12.1 Å². The monoisotopic (exact) mass is 257 g/mol. The van der Waals surface area contributed by atoms with Crippen LogP contribution >= 0.6 is 0 Å². The molecule has 1 saturated heterocycles. The molecule has 0 radical (unpaired) electrons. The van der Waals surface area contributed by atoms with Gasteiger partial charge in [-0.25, -0.2) is 8.42 Å². The van der Waals surface area contributed by atoms with Crippen molar-refractivity contribution in [2.75, 3.05) is 19.3 Å². The molecule has 1 aromatic carbocycles. The number of benzene rings is 1. The van der Waals surface area contributed by atoms with E-state index in [1.807, 2.05) is 0 Å². The molecular formula is C11H15NO4S. The molecule has 2 atom stereocenters. The highest BCUT2D eigenvalue weighted by Crippen LogP contribution is 2.20. The normalized spacial score (nSPS) is 24.8. The van der Waals surface area contributed by atoms with E-state index in [2.05, 4.69) is 5.32 Å². The number of aliphatic hydroxyl groups excluding tert-OH is 1. The van der Waals surface area contributed by atoms with Gasteiger partial charge in [0.2, 0.25) is 0 Å². The largest absolute Gasteiger partial charge is 0.486 e. The zero-order chi connectivity index (χ0) is 12.5. The molecular weight excluding hydrogens is 242 g/mol. The molecule has 94 valence electrons. The van der Waals surface area contributed by atoms with Gasteiger partial charge >= 0.3 is 0 Å². The molecule has 17 heavy (non-hydrogen) atoms. The molecule has 1 aliphatic rings. The van der Waals surface area contributed by atoms with Crippen LogP contribution < -0.4 is 10.1 Å². The number of ether oxygens (including phenoxy) is 1. The van der Waals surface area contributed by atoms with Crippen molar-refractivity contribution in [2.24, 2.45) is 0 Å². The average molecular weight is 257 g/mol. The Morgan fingerprint density at radius 1 is 1.41 bits per heavy atom. The maximum Gasteiger partial charge on any atom is 0.175 e. The van der Waals surface area contributed by atoms with Gasteiger partial charge in [-0.15, -0.1) is 0 Å². The van der Waals surface area contributed by atoms with Crippen LogP contribution in [0.4, 0.5) is 0 Å². The highest BCUT2D eigenvalue weighted by molar-refractivity contribution is 7.90. The van der Waals surface area contributed by atoms with Gasteiger partial charge in [0, 0.05) is 19.3 Å². The summed E-state index contributed by atoms with van der Waals surface area (Å²) in [5, 5.41) is 12.6. The summed E-state index contributed by atoms with van der Waals surface area (Å²) in [6.45, 7) is 1.06. The molecule has 2 N–H and O–H groups in total. The Labute approximate surface area is 100 Å². The molecule has 0 saturated carbocycles. The van der Waals surface area contributed by atoms with Crippen molar-refractivity contribution in [3.63, 3.8) is 0 Å². The maximum absolute atomic E-state index is 11.4. The summed E-state index contributed by atoms with van der Waals surface area (Å²) in [5.41, 5.74) is 0. The van der Waals surface area contributed by atoms with Gasteiger partial charge in [-0.2, -0.15) is 0 Å². The molecule has 1 aliphatic heterocycles. The van der Waals surface area contributed by atoms with E-state index in [-0.39, 0.29) is 11.0 Å². The zero-order valence-electron chi connectivity index (χ0n) is 9.46. The molecule has 0 bridgehead atoms. The molecule has 2 unspecified atom stereocenters. The zero-order valence-corrected chi connectivity index (χ0v) is 10.3. The molecule has 0 aromatic heterocycles. The Hall–Kier alpha value is -1.11. The molecule has 6 heteroatoms. The maximum atomic E-state index is 11.4. The van der Waals surface area contributed by atoms with Crippen molar-refractivity contribution in [1.29, 1.82) is 0 Å². The lowest BCUT2D eigenvalue weighted by atomic mass is 10.2. The summed E-state index contributed by atoms with van der Waals surface area (Å²) < 4.78 is 28.3. The highest BCUT2D eigenvalue weighted by atomic mass is 32.2. The average Bonchev–Trinajstić information content (AvgIpc) is 2.64. The third-order valence-electron chi connectivity index (χ3n) is 2.65. The van der Waals surface area contributed by atoms with Crippen LogP contribution in [0.15, 0.2) is 29.2 Å². The lowest BCUT2D eigenvalue weighted by molar-refractivity contribution is 0.0736. The SMILES string of the molecule is CS(=O)(=O)c1cccc(OC2CNCC2O)c1. The van der Waals surface area contributed by atoms with Crippen molar-refractivity contribution in [3.05, 3.63) is 24.3 Å². The van der Waals surface area contributed by atoms with E-state index in [1.54, 1.807) is 12.1 Å². The van der Waals surface area contributed by atoms with E-state index in [4.69, 9.17) is 4.74 Å². The molecule has 0 spiro atoms. The Bertz CT molecular complexity index is 500. The first-order valence-corrected chi connectivity index (χ1v) is 7.21. The molecule has 2 rings (SSSR count). The Morgan fingerprint density at radius 3 is 2.76 bits per heavy atom. The van der Waals surface area contributed by atoms with E-state index in [9.17, 15) is 13.5 Å². The topological polar surface area (TPSA) is 75.6 Å². The van der Waals surface area contributed by atoms with Crippen LogP contribution in [0.2, 0.25) is 0 Å². The van der Waals surface area contributed by atoms with Crippen molar-refractivity contribution in [2.45, 2.75) is 17.1 Å². The molecule has 1 heterocycles. The summed E-state index contributed by atoms with van der Waals surface area (Å²) in [4.78, 5) is 0.218. The molecule has 0 aliphatic carbocycles. The lowest BCUT2D eigenvalue weighted by Crippen LogP contribution is -2.29. The summed E-state index contributed by atoms with van der Waals surface area (Å²) >= 11 is 0. The van der Waals surface area contributed by atoms with Crippen molar-refractivity contribution in [1.82, 2.24) is 5.32 Å². The third kappa shape index (κ3) is 2.96. The minimum atomic E-state index is -3.23. The first kappa shape index (κ1) is 12.3. The second kappa shape index (κ2) is 4.64. The fourth-order valence-corrected chi connectivity index (χ4v) is 2.37. The summed E-state index contributed by atoms with van der Waals surface area (Å²) in [7, 11) is -3.23. The van der Waals surface area contributed by atoms with Gasteiger partial charge < -0.3 is 15.2 Å². The smallest absolute Gasteiger partial charge is 0.175 e. The first-order valence-electron chi connectivity index (χ1n) is 5.32. The highest BCUT2D eigenvalue weighted by Gasteiger charge is 2.26. The van der Waals surface area contributed by atoms with Gasteiger partial charge in [-0.3, -0.25) is 0 Å². The predicted molar refractivity (Wildman–Crippen MR) is 62.8 cm³/mol. The van der Waals surface area contributed by atoms with Crippen LogP contribution in [-0.4, -0.2) is 45.1 Å². The Morgan fingerprint density at radius 2 is 2.18 bits per heavy atom. The Balaban J connectivity index is 2.17. The summed E-state index contributed by atoms with van der Waals surface area (Å²) in [6, 6.07) is 6.30. The van der Waals surface area contributed by atoms with E-state index < -0.39 is 15.9 Å². The fraction of sp³-hybridized carbons (Fsp3) is 0.455. The summed E-state index contributed by atoms with van der Waals surface area (Å²) in [5.74, 6) is 0.459. The predicted octanol–water partition coefficient (Wildman–Crippen LogP) is -0.198. The van der Waals surface area contributed by atoms with Gasteiger partial charge in [0.1, 0.15) is 18.0 Å². The van der Waals surface area contributed by atoms with Crippen LogP contribution in [-0.2, 0) is 9.84 Å². The number of nitrogens with one attached hydrogen (secondary N) is 1. The minimum absolute atomic E-state index is 0.218. The van der Waals surface area contributed by atoms with Crippen LogP contribution in [0.5, 0.6) is 5.75 Å². The van der Waals surface area contributed by atoms with E-state index in [0.717, 1.165) is 6.26 Å². The number of hydrogen-bond donors (Lipinski definition) is 2. The number of sulfone groups is 1. The van der Waals surface area contributed by atoms with Gasteiger partial charge in [-0.05, 0) is 18.2 Å². The summed E-state index contributed by atoms with van der Waals surface area (Å²) in [6.07, 6.45) is 0.264. The van der Waals surface area contributed by atoms with Crippen LogP contribution in [0.25, 0.3) is 0 Å². The van der Waals surface area contributed by atoms with Gasteiger partial charge in [0.05, 0.1) is 4.90 Å². The fourth-order valence-electron chi connectivity index (χ4n) is 1.71. The quantitative estimate of drug-likeness (QED) is 0.784. The van der Waals surface area contributed by atoms with Gasteiger partial charge in [0.15, 0.2) is 9.84 Å². The molecule has 0 amide bonds. The van der Waals surface area contributed by atoms with Gasteiger partial charge in [0.25, 0.3) is 0 Å². The van der Waals surface area contributed by atoms with Crippen molar-refractivity contribution < 1.29 is 18.3 Å². The van der Waals surface area contributed by atoms with Crippen LogP contribution in [0.3, 0.4) is 0 Å². The molecule has 5 nitrogen and oxygen atoms in total. The first-order chi connectivity index (χ1) is 7.97. The second-order valence-electron chi connectivity index (χ2n) is 4.13. The van der Waals surface area contributed by atoms with E-state index in [0.29, 0.717) is 18.8 Å². The molecule has 1 aromatic rings. The Kier molecular flexibility index (Phi) is 3.37. The standard InChI is InChI=1S/C11H15NO4S/c1-17(14,15)9-4-2-3-8(5-9)16-11-7-12-6-10(11)13/h2-5,10-13H,6-7H2,1H3.